The number of hydrogen-bond donors (Lipinski definition) is 0. The highest BCUT2D eigenvalue weighted by Gasteiger charge is 2.18. The van der Waals surface area contributed by atoms with Gasteiger partial charge in [0.1, 0.15) is 0 Å². The van der Waals surface area contributed by atoms with Crippen LogP contribution in [-0.4, -0.2) is 15.3 Å². The van der Waals surface area contributed by atoms with E-state index in [2.05, 4.69) is 4.98 Å². The first-order valence-electron chi connectivity index (χ1n) is 5.06. The normalized spacial score (nSPS) is 12.4. The van der Waals surface area contributed by atoms with E-state index in [0.717, 1.165) is 0 Å². The van der Waals surface area contributed by atoms with E-state index in [-0.39, 0.29) is 11.8 Å². The summed E-state index contributed by atoms with van der Waals surface area (Å²) < 4.78 is 1.73. The van der Waals surface area contributed by atoms with E-state index in [4.69, 9.17) is 23.2 Å². The lowest BCUT2D eigenvalue weighted by atomic mass is 10.1. The Morgan fingerprint density at radius 1 is 1.41 bits per heavy atom. The van der Waals surface area contributed by atoms with E-state index < -0.39 is 0 Å². The van der Waals surface area contributed by atoms with Crippen molar-refractivity contribution in [3.8, 4) is 0 Å². The van der Waals surface area contributed by atoms with Crippen LogP contribution in [0.2, 0.25) is 10.0 Å². The Balaban J connectivity index is 2.31. The third-order valence-corrected chi connectivity index (χ3v) is 3.10. The number of aromatic nitrogens is 2. The van der Waals surface area contributed by atoms with Crippen LogP contribution in [0.15, 0.2) is 36.9 Å². The largest absolute Gasteiger partial charge is 0.327 e. The monoisotopic (exact) mass is 268 g/mol. The van der Waals surface area contributed by atoms with E-state index in [1.54, 1.807) is 48.4 Å². The molecular weight excluding hydrogens is 259 g/mol. The van der Waals surface area contributed by atoms with Crippen molar-refractivity contribution in [3.63, 3.8) is 0 Å². The first kappa shape index (κ1) is 12.1. The van der Waals surface area contributed by atoms with Gasteiger partial charge in [-0.05, 0) is 25.1 Å². The molecule has 5 heteroatoms. The van der Waals surface area contributed by atoms with Crippen LogP contribution in [0.4, 0.5) is 0 Å². The van der Waals surface area contributed by atoms with Crippen LogP contribution in [0.25, 0.3) is 0 Å². The van der Waals surface area contributed by atoms with Crippen molar-refractivity contribution in [1.29, 1.82) is 0 Å². The Morgan fingerprint density at radius 3 is 2.76 bits per heavy atom. The predicted octanol–water partition coefficient (Wildman–Crippen LogP) is 3.63. The molecule has 0 aliphatic carbocycles. The molecule has 1 unspecified atom stereocenters. The fourth-order valence-electron chi connectivity index (χ4n) is 1.55. The second-order valence-corrected chi connectivity index (χ2v) is 4.52. The Morgan fingerprint density at radius 2 is 2.18 bits per heavy atom. The molecule has 88 valence electrons. The van der Waals surface area contributed by atoms with Crippen molar-refractivity contribution in [2.45, 2.75) is 13.0 Å². The summed E-state index contributed by atoms with van der Waals surface area (Å²) in [6.07, 6.45) is 4.98. The zero-order valence-corrected chi connectivity index (χ0v) is 10.6. The summed E-state index contributed by atoms with van der Waals surface area (Å²) >= 11 is 11.8. The molecule has 0 aliphatic heterocycles. The average Bonchev–Trinajstić information content (AvgIpc) is 2.80. The zero-order valence-electron chi connectivity index (χ0n) is 9.10. The second-order valence-electron chi connectivity index (χ2n) is 3.67. The zero-order chi connectivity index (χ0) is 12.4. The molecule has 0 spiro atoms. The van der Waals surface area contributed by atoms with Crippen molar-refractivity contribution in [2.75, 3.05) is 0 Å². The van der Waals surface area contributed by atoms with Gasteiger partial charge in [-0.3, -0.25) is 4.79 Å². The Labute approximate surface area is 109 Å². The van der Waals surface area contributed by atoms with Crippen LogP contribution < -0.4 is 0 Å². The van der Waals surface area contributed by atoms with Crippen molar-refractivity contribution < 1.29 is 4.79 Å². The maximum Gasteiger partial charge on any atom is 0.186 e. The molecule has 0 N–H and O–H groups in total. The minimum atomic E-state index is -0.337. The minimum absolute atomic E-state index is 0.0651. The maximum atomic E-state index is 12.2. The van der Waals surface area contributed by atoms with Gasteiger partial charge in [0.05, 0.1) is 17.4 Å². The van der Waals surface area contributed by atoms with E-state index in [0.29, 0.717) is 15.6 Å². The number of rotatable bonds is 3. The fourth-order valence-corrected chi connectivity index (χ4v) is 2.05. The first-order valence-corrected chi connectivity index (χ1v) is 5.82. The molecule has 0 amide bonds. The van der Waals surface area contributed by atoms with Gasteiger partial charge in [0.25, 0.3) is 0 Å². The lowest BCUT2D eigenvalue weighted by molar-refractivity contribution is 0.0935. The molecule has 1 heterocycles. The van der Waals surface area contributed by atoms with Crippen LogP contribution in [0.1, 0.15) is 23.3 Å². The number of hydrogen-bond acceptors (Lipinski definition) is 2. The standard InChI is InChI=1S/C12H10Cl2N2O/c1-8(16-5-4-15-7-16)12(17)10-3-2-9(13)6-11(10)14/h2-8H,1H3. The van der Waals surface area contributed by atoms with Crippen molar-refractivity contribution in [3.05, 3.63) is 52.5 Å². The number of halogens is 2. The number of benzene rings is 1. The smallest absolute Gasteiger partial charge is 0.186 e. The molecule has 2 aromatic rings. The van der Waals surface area contributed by atoms with Gasteiger partial charge in [-0.1, -0.05) is 23.2 Å². The second kappa shape index (κ2) is 4.90. The molecule has 2 rings (SSSR count). The molecule has 0 saturated heterocycles. The summed E-state index contributed by atoms with van der Waals surface area (Å²) in [7, 11) is 0. The summed E-state index contributed by atoms with van der Waals surface area (Å²) in [5, 5.41) is 0.885. The highest BCUT2D eigenvalue weighted by atomic mass is 35.5. The summed E-state index contributed by atoms with van der Waals surface area (Å²) in [5.74, 6) is -0.0651. The van der Waals surface area contributed by atoms with Gasteiger partial charge in [0, 0.05) is 23.0 Å². The Kier molecular flexibility index (Phi) is 3.50. The molecule has 1 aromatic heterocycles. The summed E-state index contributed by atoms with van der Waals surface area (Å²) in [6.45, 7) is 1.80. The summed E-state index contributed by atoms with van der Waals surface area (Å²) in [5.41, 5.74) is 0.470. The molecule has 1 aromatic carbocycles. The van der Waals surface area contributed by atoms with E-state index in [1.807, 2.05) is 0 Å². The maximum absolute atomic E-state index is 12.2. The molecule has 0 bridgehead atoms. The van der Waals surface area contributed by atoms with Gasteiger partial charge >= 0.3 is 0 Å². The number of Topliss-reactive ketones (excluding diaryl/α,β-unsaturated/α-hetero) is 1. The van der Waals surface area contributed by atoms with Crippen molar-refractivity contribution in [2.24, 2.45) is 0 Å². The SMILES string of the molecule is CC(C(=O)c1ccc(Cl)cc1Cl)n1ccnc1. The van der Waals surface area contributed by atoms with Crippen LogP contribution in [0, 0.1) is 0 Å². The molecule has 3 nitrogen and oxygen atoms in total. The molecule has 1 atom stereocenters. The van der Waals surface area contributed by atoms with Crippen molar-refractivity contribution in [1.82, 2.24) is 9.55 Å². The molecule has 0 fully saturated rings. The van der Waals surface area contributed by atoms with Crippen LogP contribution in [0.3, 0.4) is 0 Å². The number of carbonyl (C=O) groups excluding carboxylic acids is 1. The molecule has 0 saturated carbocycles. The predicted molar refractivity (Wildman–Crippen MR) is 67.7 cm³/mol. The molecule has 0 aliphatic rings. The van der Waals surface area contributed by atoms with Gasteiger partial charge in [0.2, 0.25) is 0 Å². The number of imidazole rings is 1. The Bertz CT molecular complexity index is 537. The van der Waals surface area contributed by atoms with Crippen LogP contribution >= 0.6 is 23.2 Å². The molecule has 0 radical (unpaired) electrons. The number of nitrogens with zero attached hydrogens (tertiary/aromatic N) is 2. The third-order valence-electron chi connectivity index (χ3n) is 2.55. The van der Waals surface area contributed by atoms with Gasteiger partial charge in [-0.25, -0.2) is 4.98 Å². The van der Waals surface area contributed by atoms with Crippen molar-refractivity contribution >= 4 is 29.0 Å². The first-order chi connectivity index (χ1) is 8.09. The van der Waals surface area contributed by atoms with Gasteiger partial charge in [-0.15, -0.1) is 0 Å². The van der Waals surface area contributed by atoms with E-state index >= 15 is 0 Å². The van der Waals surface area contributed by atoms with E-state index in [9.17, 15) is 4.79 Å². The molecular formula is C12H10Cl2N2O. The van der Waals surface area contributed by atoms with Gasteiger partial charge in [0.15, 0.2) is 5.78 Å². The lowest BCUT2D eigenvalue weighted by Gasteiger charge is -2.12. The van der Waals surface area contributed by atoms with Crippen LogP contribution in [-0.2, 0) is 0 Å². The van der Waals surface area contributed by atoms with Crippen LogP contribution in [0.5, 0.6) is 0 Å². The Hall–Kier alpha value is -1.32. The molecule has 17 heavy (non-hydrogen) atoms. The fraction of sp³-hybridized carbons (Fsp3) is 0.167. The minimum Gasteiger partial charge on any atom is -0.327 e. The number of ketones is 1. The topological polar surface area (TPSA) is 34.9 Å². The highest BCUT2D eigenvalue weighted by molar-refractivity contribution is 6.36. The highest BCUT2D eigenvalue weighted by Crippen LogP contribution is 2.24. The third kappa shape index (κ3) is 2.51. The van der Waals surface area contributed by atoms with Gasteiger partial charge in [-0.2, -0.15) is 0 Å². The summed E-state index contributed by atoms with van der Waals surface area (Å²) in [6, 6.07) is 4.52. The van der Waals surface area contributed by atoms with E-state index in [1.165, 1.54) is 0 Å². The van der Waals surface area contributed by atoms with Gasteiger partial charge < -0.3 is 4.57 Å². The number of carbonyl (C=O) groups is 1. The lowest BCUT2D eigenvalue weighted by Crippen LogP contribution is -2.15. The average molecular weight is 269 g/mol. The summed E-state index contributed by atoms with van der Waals surface area (Å²) in [4.78, 5) is 16.1. The quantitative estimate of drug-likeness (QED) is 0.797.